The highest BCUT2D eigenvalue weighted by Crippen LogP contribution is 2.21. The number of hydrogen-bond acceptors (Lipinski definition) is 3. The summed E-state index contributed by atoms with van der Waals surface area (Å²) in [6.45, 7) is 6.43. The first-order valence-electron chi connectivity index (χ1n) is 6.79. The van der Waals surface area contributed by atoms with E-state index in [1.54, 1.807) is 0 Å². The maximum absolute atomic E-state index is 9.82. The summed E-state index contributed by atoms with van der Waals surface area (Å²) >= 11 is 3.42. The lowest BCUT2D eigenvalue weighted by atomic mass is 10.0. The lowest BCUT2D eigenvalue weighted by molar-refractivity contribution is 0.0140. The molecule has 1 aromatic carbocycles. The van der Waals surface area contributed by atoms with Crippen LogP contribution in [0.25, 0.3) is 0 Å². The van der Waals surface area contributed by atoms with Crippen molar-refractivity contribution in [3.05, 3.63) is 28.7 Å². The molecule has 1 aliphatic rings. The zero-order valence-corrected chi connectivity index (χ0v) is 13.2. The van der Waals surface area contributed by atoms with Crippen LogP contribution in [0.4, 0.5) is 0 Å². The zero-order chi connectivity index (χ0) is 13.9. The third kappa shape index (κ3) is 5.13. The predicted octanol–water partition coefficient (Wildman–Crippen LogP) is 3.06. The SMILES string of the molecule is CC(C)(O)CN1CCC(Oc2ccc(Br)cc2)CC1. The van der Waals surface area contributed by atoms with E-state index in [4.69, 9.17) is 4.74 Å². The van der Waals surface area contributed by atoms with Crippen molar-refractivity contribution in [2.24, 2.45) is 0 Å². The first kappa shape index (κ1) is 14.8. The first-order valence-corrected chi connectivity index (χ1v) is 7.59. The molecule has 1 aromatic rings. The van der Waals surface area contributed by atoms with E-state index in [0.717, 1.165) is 42.7 Å². The molecular weight excluding hydrogens is 306 g/mol. The second-order valence-electron chi connectivity index (χ2n) is 5.86. The fourth-order valence-corrected chi connectivity index (χ4v) is 2.70. The molecule has 19 heavy (non-hydrogen) atoms. The smallest absolute Gasteiger partial charge is 0.119 e. The van der Waals surface area contributed by atoms with E-state index >= 15 is 0 Å². The summed E-state index contributed by atoms with van der Waals surface area (Å²) in [5.41, 5.74) is -0.612. The average molecular weight is 328 g/mol. The monoisotopic (exact) mass is 327 g/mol. The Labute approximate surface area is 123 Å². The highest BCUT2D eigenvalue weighted by Gasteiger charge is 2.24. The van der Waals surface area contributed by atoms with Crippen LogP contribution in [-0.2, 0) is 0 Å². The molecule has 3 nitrogen and oxygen atoms in total. The second kappa shape index (κ2) is 6.25. The van der Waals surface area contributed by atoms with Gasteiger partial charge in [-0.15, -0.1) is 0 Å². The lowest BCUT2D eigenvalue weighted by Gasteiger charge is -2.35. The third-order valence-corrected chi connectivity index (χ3v) is 3.79. The Balaban J connectivity index is 1.79. The van der Waals surface area contributed by atoms with E-state index < -0.39 is 5.60 Å². The van der Waals surface area contributed by atoms with Gasteiger partial charge in [0.15, 0.2) is 0 Å². The molecule has 4 heteroatoms. The van der Waals surface area contributed by atoms with Gasteiger partial charge in [-0.25, -0.2) is 0 Å². The molecule has 0 unspecified atom stereocenters. The molecule has 0 spiro atoms. The topological polar surface area (TPSA) is 32.7 Å². The van der Waals surface area contributed by atoms with Crippen molar-refractivity contribution in [3.63, 3.8) is 0 Å². The van der Waals surface area contributed by atoms with Gasteiger partial charge in [-0.2, -0.15) is 0 Å². The largest absolute Gasteiger partial charge is 0.490 e. The highest BCUT2D eigenvalue weighted by molar-refractivity contribution is 9.10. The van der Waals surface area contributed by atoms with Crippen LogP contribution in [0.1, 0.15) is 26.7 Å². The molecule has 0 bridgehead atoms. The van der Waals surface area contributed by atoms with Crippen LogP contribution in [0.3, 0.4) is 0 Å². The molecule has 1 heterocycles. The van der Waals surface area contributed by atoms with Gasteiger partial charge < -0.3 is 14.7 Å². The summed E-state index contributed by atoms with van der Waals surface area (Å²) < 4.78 is 7.05. The molecule has 0 aliphatic carbocycles. The fourth-order valence-electron chi connectivity index (χ4n) is 2.44. The Morgan fingerprint density at radius 3 is 2.37 bits per heavy atom. The van der Waals surface area contributed by atoms with Gasteiger partial charge in [-0.3, -0.25) is 0 Å². The summed E-state index contributed by atoms with van der Waals surface area (Å²) in [6.07, 6.45) is 2.33. The van der Waals surface area contributed by atoms with Crippen LogP contribution in [0.5, 0.6) is 5.75 Å². The number of ether oxygens (including phenoxy) is 1. The van der Waals surface area contributed by atoms with Gasteiger partial charge in [0, 0.05) is 24.1 Å². The molecule has 0 aromatic heterocycles. The quantitative estimate of drug-likeness (QED) is 0.922. The second-order valence-corrected chi connectivity index (χ2v) is 6.78. The van der Waals surface area contributed by atoms with Crippen molar-refractivity contribution < 1.29 is 9.84 Å². The predicted molar refractivity (Wildman–Crippen MR) is 80.5 cm³/mol. The molecule has 1 aliphatic heterocycles. The number of benzene rings is 1. The summed E-state index contributed by atoms with van der Waals surface area (Å²) in [6, 6.07) is 7.98. The van der Waals surface area contributed by atoms with Crippen LogP contribution in [-0.4, -0.2) is 41.3 Å². The van der Waals surface area contributed by atoms with Crippen LogP contribution in [0, 0.1) is 0 Å². The van der Waals surface area contributed by atoms with Crippen molar-refractivity contribution >= 4 is 15.9 Å². The summed E-state index contributed by atoms with van der Waals surface area (Å²) in [5, 5.41) is 9.82. The van der Waals surface area contributed by atoms with Gasteiger partial charge in [0.1, 0.15) is 11.9 Å². The summed E-state index contributed by atoms with van der Waals surface area (Å²) in [7, 11) is 0. The van der Waals surface area contributed by atoms with E-state index in [1.165, 1.54) is 0 Å². The first-order chi connectivity index (χ1) is 8.92. The third-order valence-electron chi connectivity index (χ3n) is 3.26. The summed E-state index contributed by atoms with van der Waals surface area (Å²) in [5.74, 6) is 0.934. The van der Waals surface area contributed by atoms with Gasteiger partial charge in [0.25, 0.3) is 0 Å². The number of aliphatic hydroxyl groups is 1. The van der Waals surface area contributed by atoms with E-state index in [1.807, 2.05) is 38.1 Å². The van der Waals surface area contributed by atoms with Crippen LogP contribution in [0.15, 0.2) is 28.7 Å². The maximum Gasteiger partial charge on any atom is 0.119 e. The maximum atomic E-state index is 9.82. The zero-order valence-electron chi connectivity index (χ0n) is 11.6. The number of nitrogens with zero attached hydrogens (tertiary/aromatic N) is 1. The Morgan fingerprint density at radius 2 is 1.84 bits per heavy atom. The van der Waals surface area contributed by atoms with Gasteiger partial charge in [-0.05, 0) is 51.0 Å². The van der Waals surface area contributed by atoms with Crippen LogP contribution in [0.2, 0.25) is 0 Å². The number of halogens is 1. The molecule has 0 radical (unpaired) electrons. The van der Waals surface area contributed by atoms with E-state index in [9.17, 15) is 5.11 Å². The van der Waals surface area contributed by atoms with Crippen molar-refractivity contribution in [2.45, 2.75) is 38.4 Å². The molecule has 106 valence electrons. The van der Waals surface area contributed by atoms with Gasteiger partial charge in [0.2, 0.25) is 0 Å². The molecule has 1 fully saturated rings. The fraction of sp³-hybridized carbons (Fsp3) is 0.600. The van der Waals surface area contributed by atoms with Gasteiger partial charge in [0.05, 0.1) is 5.60 Å². The molecule has 2 rings (SSSR count). The Hall–Kier alpha value is -0.580. The Kier molecular flexibility index (Phi) is 4.87. The van der Waals surface area contributed by atoms with Gasteiger partial charge >= 0.3 is 0 Å². The van der Waals surface area contributed by atoms with Gasteiger partial charge in [-0.1, -0.05) is 15.9 Å². The number of rotatable bonds is 4. The lowest BCUT2D eigenvalue weighted by Crippen LogP contribution is -2.45. The van der Waals surface area contributed by atoms with Crippen LogP contribution >= 0.6 is 15.9 Å². The minimum Gasteiger partial charge on any atom is -0.490 e. The number of hydrogen-bond donors (Lipinski definition) is 1. The van der Waals surface area contributed by atoms with E-state index in [2.05, 4.69) is 20.8 Å². The number of β-amino-alcohol motifs (C(OH)–C–C–N with tert-alkyl or cyclic N) is 1. The Bertz CT molecular complexity index is 392. The Morgan fingerprint density at radius 1 is 1.26 bits per heavy atom. The van der Waals surface area contributed by atoms with Crippen molar-refractivity contribution in [1.29, 1.82) is 0 Å². The van der Waals surface area contributed by atoms with E-state index in [-0.39, 0.29) is 0 Å². The standard InChI is InChI=1S/C15H22BrNO2/c1-15(2,18)11-17-9-7-14(8-10-17)19-13-5-3-12(16)4-6-13/h3-6,14,18H,7-11H2,1-2H3. The van der Waals surface area contributed by atoms with Crippen molar-refractivity contribution in [3.8, 4) is 5.75 Å². The molecular formula is C15H22BrNO2. The molecule has 0 amide bonds. The molecule has 0 atom stereocenters. The molecule has 0 saturated carbocycles. The average Bonchev–Trinajstić information content (AvgIpc) is 2.33. The van der Waals surface area contributed by atoms with Crippen molar-refractivity contribution in [2.75, 3.05) is 19.6 Å². The normalized spacial score (nSPS) is 18.5. The number of piperidine rings is 1. The highest BCUT2D eigenvalue weighted by atomic mass is 79.9. The van der Waals surface area contributed by atoms with Crippen LogP contribution < -0.4 is 4.74 Å². The van der Waals surface area contributed by atoms with Crippen molar-refractivity contribution in [1.82, 2.24) is 4.90 Å². The number of likely N-dealkylation sites (tertiary alicyclic amines) is 1. The minimum absolute atomic E-state index is 0.291. The molecule has 1 N–H and O–H groups in total. The van der Waals surface area contributed by atoms with E-state index in [0.29, 0.717) is 6.10 Å². The summed E-state index contributed by atoms with van der Waals surface area (Å²) in [4.78, 5) is 2.31. The minimum atomic E-state index is -0.612. The molecule has 1 saturated heterocycles.